The maximum Gasteiger partial charge on any atom is 0.271 e. The highest BCUT2D eigenvalue weighted by molar-refractivity contribution is 6.70. The zero-order valence-electron chi connectivity index (χ0n) is 13.7. The Morgan fingerprint density at radius 1 is 1.31 bits per heavy atom. The number of primary amides is 1. The molecule has 0 saturated heterocycles. The molecule has 0 fully saturated rings. The number of hydrogen-bond donors (Lipinski definition) is 3. The fourth-order valence-corrected chi connectivity index (χ4v) is 2.30. The van der Waals surface area contributed by atoms with Crippen molar-refractivity contribution in [1.29, 1.82) is 0 Å². The molecule has 4 N–H and O–H groups in total. The Hall–Kier alpha value is -3.59. The molecule has 9 nitrogen and oxygen atoms in total. The zero-order chi connectivity index (χ0) is 18.7. The molecule has 1 amide bonds. The number of aliphatic hydroxyl groups excluding tert-OH is 1. The summed E-state index contributed by atoms with van der Waals surface area (Å²) in [6.45, 7) is -0.417. The minimum Gasteiger partial charge on any atom is -0.504 e. The number of carbonyl (C=O) groups is 1. The number of nitrogens with two attached hydrogens (primary N) is 1. The van der Waals surface area contributed by atoms with Crippen molar-refractivity contribution in [2.45, 2.75) is 6.61 Å². The van der Waals surface area contributed by atoms with Crippen LogP contribution in [0.5, 0.6) is 11.5 Å². The lowest BCUT2D eigenvalue weighted by molar-refractivity contribution is -0.111. The number of benzene rings is 1. The molecule has 0 unspecified atom stereocenters. The van der Waals surface area contributed by atoms with Gasteiger partial charge in [-0.15, -0.1) is 0 Å². The molecule has 132 valence electrons. The van der Waals surface area contributed by atoms with Crippen LogP contribution in [0.2, 0.25) is 0 Å². The number of aliphatic imine (C=N–C) groups is 3. The zero-order valence-corrected chi connectivity index (χ0v) is 13.7. The molecule has 0 bridgehead atoms. The van der Waals surface area contributed by atoms with Crippen LogP contribution in [0.15, 0.2) is 51.5 Å². The van der Waals surface area contributed by atoms with Gasteiger partial charge in [0.2, 0.25) is 0 Å². The summed E-state index contributed by atoms with van der Waals surface area (Å²) < 4.78 is 5.06. The molecule has 1 aliphatic heterocycles. The fraction of sp³-hybridized carbons (Fsp3) is 0.118. The number of aromatic nitrogens is 1. The SMILES string of the molecule is COc1cc(N=C2N=C(c3ccccn3)N=C2C(N)=O)cc(CO)c1O. The van der Waals surface area contributed by atoms with Crippen LogP contribution >= 0.6 is 0 Å². The summed E-state index contributed by atoms with van der Waals surface area (Å²) >= 11 is 0. The molecule has 0 saturated carbocycles. The molecule has 0 atom stereocenters. The lowest BCUT2D eigenvalue weighted by atomic mass is 10.1. The van der Waals surface area contributed by atoms with E-state index in [0.717, 1.165) is 0 Å². The second kappa shape index (κ2) is 7.11. The molecule has 2 aromatic rings. The Morgan fingerprint density at radius 2 is 2.12 bits per heavy atom. The van der Waals surface area contributed by atoms with Gasteiger partial charge < -0.3 is 20.7 Å². The van der Waals surface area contributed by atoms with Crippen molar-refractivity contribution in [3.63, 3.8) is 0 Å². The van der Waals surface area contributed by atoms with Crippen LogP contribution in [0, 0.1) is 0 Å². The van der Waals surface area contributed by atoms with Gasteiger partial charge >= 0.3 is 0 Å². The van der Waals surface area contributed by atoms with E-state index in [1.807, 2.05) is 0 Å². The maximum atomic E-state index is 11.7. The fourth-order valence-electron chi connectivity index (χ4n) is 2.30. The molecular weight excluding hydrogens is 338 g/mol. The van der Waals surface area contributed by atoms with Crippen LogP contribution in [0.25, 0.3) is 0 Å². The van der Waals surface area contributed by atoms with E-state index >= 15 is 0 Å². The number of pyridine rings is 1. The van der Waals surface area contributed by atoms with E-state index in [1.54, 1.807) is 24.4 Å². The molecule has 2 heterocycles. The van der Waals surface area contributed by atoms with Crippen molar-refractivity contribution >= 4 is 29.0 Å². The molecule has 1 aromatic carbocycles. The number of phenols is 1. The van der Waals surface area contributed by atoms with E-state index < -0.39 is 12.5 Å². The highest BCUT2D eigenvalue weighted by Gasteiger charge is 2.24. The van der Waals surface area contributed by atoms with E-state index in [2.05, 4.69) is 20.0 Å². The Morgan fingerprint density at radius 3 is 2.73 bits per heavy atom. The summed E-state index contributed by atoms with van der Waals surface area (Å²) in [5.41, 5.74) is 6.25. The van der Waals surface area contributed by atoms with Gasteiger partial charge in [-0.1, -0.05) is 6.07 Å². The topological polar surface area (TPSA) is 143 Å². The summed E-state index contributed by atoms with van der Waals surface area (Å²) in [5, 5.41) is 19.3. The number of carbonyl (C=O) groups excluding carboxylic acids is 1. The largest absolute Gasteiger partial charge is 0.504 e. The second-order valence-electron chi connectivity index (χ2n) is 5.22. The lowest BCUT2D eigenvalue weighted by Gasteiger charge is -2.08. The molecule has 0 spiro atoms. The first kappa shape index (κ1) is 17.2. The highest BCUT2D eigenvalue weighted by Crippen LogP contribution is 2.35. The van der Waals surface area contributed by atoms with E-state index in [1.165, 1.54) is 19.2 Å². The van der Waals surface area contributed by atoms with Gasteiger partial charge in [0, 0.05) is 17.8 Å². The monoisotopic (exact) mass is 353 g/mol. The van der Waals surface area contributed by atoms with Crippen molar-refractivity contribution in [3.05, 3.63) is 47.8 Å². The number of aliphatic hydroxyl groups is 1. The third kappa shape index (κ3) is 3.28. The number of hydrogen-bond acceptors (Lipinski definition) is 7. The van der Waals surface area contributed by atoms with Crippen molar-refractivity contribution in [2.75, 3.05) is 7.11 Å². The first-order chi connectivity index (χ1) is 12.5. The van der Waals surface area contributed by atoms with E-state index in [-0.39, 0.29) is 34.4 Å². The van der Waals surface area contributed by atoms with Gasteiger partial charge in [0.15, 0.2) is 28.9 Å². The first-order valence-corrected chi connectivity index (χ1v) is 7.52. The smallest absolute Gasteiger partial charge is 0.271 e. The van der Waals surface area contributed by atoms with Crippen LogP contribution in [0.1, 0.15) is 11.3 Å². The number of rotatable bonds is 5. The van der Waals surface area contributed by atoms with Crippen LogP contribution in [-0.2, 0) is 11.4 Å². The number of ether oxygens (including phenoxy) is 1. The minimum absolute atomic E-state index is 0.00906. The van der Waals surface area contributed by atoms with Crippen molar-refractivity contribution in [1.82, 2.24) is 4.98 Å². The van der Waals surface area contributed by atoms with E-state index in [4.69, 9.17) is 10.5 Å². The number of amidine groups is 2. The molecule has 0 radical (unpaired) electrons. The normalized spacial score (nSPS) is 14.9. The Bertz CT molecular complexity index is 926. The molecular formula is C17H15N5O4. The third-order valence-electron chi connectivity index (χ3n) is 3.53. The Labute approximate surface area is 148 Å². The predicted octanol–water partition coefficient (Wildman–Crippen LogP) is 0.705. The second-order valence-corrected chi connectivity index (χ2v) is 5.22. The molecule has 0 aliphatic carbocycles. The molecule has 26 heavy (non-hydrogen) atoms. The molecule has 1 aliphatic rings. The van der Waals surface area contributed by atoms with Gasteiger partial charge in [-0.2, -0.15) is 0 Å². The number of aromatic hydroxyl groups is 1. The summed E-state index contributed by atoms with van der Waals surface area (Å²) in [7, 11) is 1.37. The summed E-state index contributed by atoms with van der Waals surface area (Å²) in [5.74, 6) is -0.625. The maximum absolute atomic E-state index is 11.7. The highest BCUT2D eigenvalue weighted by atomic mass is 16.5. The molecule has 1 aromatic heterocycles. The van der Waals surface area contributed by atoms with Crippen LogP contribution in [0.3, 0.4) is 0 Å². The number of nitrogens with zero attached hydrogens (tertiary/aromatic N) is 4. The number of amides is 1. The number of methoxy groups -OCH3 is 1. The third-order valence-corrected chi connectivity index (χ3v) is 3.53. The van der Waals surface area contributed by atoms with Crippen molar-refractivity contribution in [2.24, 2.45) is 20.7 Å². The summed E-state index contributed by atoms with van der Waals surface area (Å²) in [4.78, 5) is 28.4. The quantitative estimate of drug-likeness (QED) is 0.725. The van der Waals surface area contributed by atoms with Crippen LogP contribution in [0.4, 0.5) is 5.69 Å². The molecule has 3 rings (SSSR count). The van der Waals surface area contributed by atoms with Gasteiger partial charge in [0.05, 0.1) is 19.4 Å². The summed E-state index contributed by atoms with van der Waals surface area (Å²) in [6.07, 6.45) is 1.57. The lowest BCUT2D eigenvalue weighted by Crippen LogP contribution is -2.27. The van der Waals surface area contributed by atoms with Gasteiger partial charge in [-0.3, -0.25) is 9.78 Å². The minimum atomic E-state index is -0.786. The van der Waals surface area contributed by atoms with Gasteiger partial charge in [0.1, 0.15) is 5.69 Å². The van der Waals surface area contributed by atoms with Crippen molar-refractivity contribution < 1.29 is 19.7 Å². The van der Waals surface area contributed by atoms with Gasteiger partial charge in [-0.25, -0.2) is 15.0 Å². The van der Waals surface area contributed by atoms with Gasteiger partial charge in [0.25, 0.3) is 5.91 Å². The standard InChI is InChI=1S/C17H15N5O4/c1-26-12-7-10(6-9(8-23)14(12)24)20-17-13(15(18)25)21-16(22-17)11-4-2-3-5-19-11/h2-7,23-24H,8H2,1H3,(H2,18,25). The Kier molecular flexibility index (Phi) is 4.72. The Balaban J connectivity index is 2.08. The molecule has 9 heteroatoms. The van der Waals surface area contributed by atoms with E-state index in [9.17, 15) is 15.0 Å². The van der Waals surface area contributed by atoms with E-state index in [0.29, 0.717) is 11.4 Å². The predicted molar refractivity (Wildman–Crippen MR) is 95.1 cm³/mol. The van der Waals surface area contributed by atoms with Crippen LogP contribution < -0.4 is 10.5 Å². The first-order valence-electron chi connectivity index (χ1n) is 7.52. The summed E-state index contributed by atoms with van der Waals surface area (Å²) in [6, 6.07) is 8.08. The van der Waals surface area contributed by atoms with Crippen LogP contribution in [-0.4, -0.2) is 45.6 Å². The average Bonchev–Trinajstić information content (AvgIpc) is 3.07. The van der Waals surface area contributed by atoms with Crippen molar-refractivity contribution in [3.8, 4) is 11.5 Å². The average molecular weight is 353 g/mol. The van der Waals surface area contributed by atoms with Gasteiger partial charge in [-0.05, 0) is 18.2 Å².